The maximum absolute atomic E-state index is 13.7. The van der Waals surface area contributed by atoms with Crippen molar-refractivity contribution in [2.45, 2.75) is 32.9 Å². The molecule has 1 unspecified atom stereocenters. The number of fused-ring (bicyclic) bond motifs is 1. The van der Waals surface area contributed by atoms with Gasteiger partial charge >= 0.3 is 0 Å². The predicted octanol–water partition coefficient (Wildman–Crippen LogP) is 3.93. The fourth-order valence-corrected chi connectivity index (χ4v) is 2.64. The lowest BCUT2D eigenvalue weighted by atomic mass is 10.0. The van der Waals surface area contributed by atoms with Crippen molar-refractivity contribution in [3.63, 3.8) is 0 Å². The molecule has 2 heterocycles. The van der Waals surface area contributed by atoms with E-state index in [4.69, 9.17) is 0 Å². The number of pyridine rings is 1. The highest BCUT2D eigenvalue weighted by molar-refractivity contribution is 6.11. The predicted molar refractivity (Wildman–Crippen MR) is 83.1 cm³/mol. The number of amidine groups is 1. The normalized spacial score (nSPS) is 15.3. The number of benzene rings is 1. The minimum Gasteiger partial charge on any atom is -0.323 e. The summed E-state index contributed by atoms with van der Waals surface area (Å²) < 4.78 is 27.2. The Bertz CT molecular complexity index is 728. The van der Waals surface area contributed by atoms with E-state index < -0.39 is 5.82 Å². The summed E-state index contributed by atoms with van der Waals surface area (Å²) in [4.78, 5) is 10.4. The first-order valence-electron chi connectivity index (χ1n) is 7.33. The molecule has 0 fully saturated rings. The van der Waals surface area contributed by atoms with Crippen molar-refractivity contribution in [3.05, 3.63) is 59.4 Å². The third kappa shape index (κ3) is 2.58. The van der Waals surface area contributed by atoms with Gasteiger partial charge in [0.15, 0.2) is 0 Å². The van der Waals surface area contributed by atoms with E-state index in [1.54, 1.807) is 12.3 Å². The molecule has 0 N–H and O–H groups in total. The molecule has 0 saturated carbocycles. The SMILES string of the molecule is CCC(C)N1C(c2cncc(F)c2)=NCc2ccc(F)cc21. The van der Waals surface area contributed by atoms with Gasteiger partial charge in [-0.15, -0.1) is 0 Å². The molecule has 0 amide bonds. The zero-order valence-electron chi connectivity index (χ0n) is 12.6. The first-order valence-corrected chi connectivity index (χ1v) is 7.33. The second kappa shape index (κ2) is 5.83. The van der Waals surface area contributed by atoms with Crippen LogP contribution in [0.2, 0.25) is 0 Å². The molecule has 1 aromatic carbocycles. The average molecular weight is 301 g/mol. The third-order valence-corrected chi connectivity index (χ3v) is 3.93. The van der Waals surface area contributed by atoms with E-state index >= 15 is 0 Å². The van der Waals surface area contributed by atoms with Gasteiger partial charge < -0.3 is 4.90 Å². The maximum Gasteiger partial charge on any atom is 0.142 e. The summed E-state index contributed by atoms with van der Waals surface area (Å²) in [7, 11) is 0. The van der Waals surface area contributed by atoms with Crippen LogP contribution in [-0.2, 0) is 6.54 Å². The van der Waals surface area contributed by atoms with Gasteiger partial charge in [-0.2, -0.15) is 0 Å². The fourth-order valence-electron chi connectivity index (χ4n) is 2.64. The number of rotatable bonds is 3. The summed E-state index contributed by atoms with van der Waals surface area (Å²) in [6, 6.07) is 6.24. The average Bonchev–Trinajstić information content (AvgIpc) is 2.53. The van der Waals surface area contributed by atoms with Crippen molar-refractivity contribution in [3.8, 4) is 0 Å². The molecule has 5 heteroatoms. The van der Waals surface area contributed by atoms with Gasteiger partial charge in [0.1, 0.15) is 17.5 Å². The number of nitrogens with zero attached hydrogens (tertiary/aromatic N) is 3. The fraction of sp³-hybridized carbons (Fsp3) is 0.294. The van der Waals surface area contributed by atoms with Crippen molar-refractivity contribution in [1.82, 2.24) is 4.98 Å². The molecule has 3 rings (SSSR count). The van der Waals surface area contributed by atoms with Crippen LogP contribution in [0.15, 0.2) is 41.7 Å². The second-order valence-corrected chi connectivity index (χ2v) is 5.43. The van der Waals surface area contributed by atoms with Gasteiger partial charge in [-0.05, 0) is 37.1 Å². The molecule has 1 atom stereocenters. The highest BCUT2D eigenvalue weighted by atomic mass is 19.1. The van der Waals surface area contributed by atoms with E-state index in [1.165, 1.54) is 18.2 Å². The molecular weight excluding hydrogens is 284 g/mol. The first-order chi connectivity index (χ1) is 10.6. The van der Waals surface area contributed by atoms with Crippen LogP contribution in [0.4, 0.5) is 14.5 Å². The third-order valence-electron chi connectivity index (χ3n) is 3.93. The van der Waals surface area contributed by atoms with E-state index in [2.05, 4.69) is 16.9 Å². The summed E-state index contributed by atoms with van der Waals surface area (Å²) >= 11 is 0. The Labute approximate surface area is 128 Å². The largest absolute Gasteiger partial charge is 0.323 e. The number of halogens is 2. The van der Waals surface area contributed by atoms with Crippen molar-refractivity contribution >= 4 is 11.5 Å². The molecular formula is C17H17F2N3. The molecule has 114 valence electrons. The van der Waals surface area contributed by atoms with Crippen LogP contribution in [0.25, 0.3) is 0 Å². The summed E-state index contributed by atoms with van der Waals surface area (Å²) in [5, 5.41) is 0. The first kappa shape index (κ1) is 14.6. The monoisotopic (exact) mass is 301 g/mol. The smallest absolute Gasteiger partial charge is 0.142 e. The Morgan fingerprint density at radius 2 is 2.00 bits per heavy atom. The van der Waals surface area contributed by atoms with Crippen LogP contribution in [0.5, 0.6) is 0 Å². The minimum absolute atomic E-state index is 0.114. The quantitative estimate of drug-likeness (QED) is 0.859. The Morgan fingerprint density at radius 3 is 2.73 bits per heavy atom. The van der Waals surface area contributed by atoms with Gasteiger partial charge in [-0.25, -0.2) is 8.78 Å². The van der Waals surface area contributed by atoms with Crippen molar-refractivity contribution in [2.24, 2.45) is 4.99 Å². The van der Waals surface area contributed by atoms with E-state index in [1.807, 2.05) is 11.8 Å². The van der Waals surface area contributed by atoms with E-state index in [0.29, 0.717) is 17.9 Å². The molecule has 1 aliphatic rings. The zero-order valence-corrected chi connectivity index (χ0v) is 12.6. The number of aliphatic imine (C=N–C) groups is 1. The van der Waals surface area contributed by atoms with Gasteiger partial charge in [0, 0.05) is 17.8 Å². The number of hydrogen-bond donors (Lipinski definition) is 0. The Balaban J connectivity index is 2.12. The van der Waals surface area contributed by atoms with Gasteiger partial charge in [0.2, 0.25) is 0 Å². The van der Waals surface area contributed by atoms with Gasteiger partial charge in [0.25, 0.3) is 0 Å². The lowest BCUT2D eigenvalue weighted by Gasteiger charge is -2.36. The Morgan fingerprint density at radius 1 is 1.18 bits per heavy atom. The molecule has 1 aromatic heterocycles. The molecule has 3 nitrogen and oxygen atoms in total. The topological polar surface area (TPSA) is 28.5 Å². The van der Waals surface area contributed by atoms with Gasteiger partial charge in [-0.3, -0.25) is 9.98 Å². The number of hydrogen-bond acceptors (Lipinski definition) is 3. The lowest BCUT2D eigenvalue weighted by molar-refractivity contribution is 0.619. The molecule has 0 bridgehead atoms. The maximum atomic E-state index is 13.7. The Hall–Kier alpha value is -2.30. The van der Waals surface area contributed by atoms with Crippen LogP contribution in [0.3, 0.4) is 0 Å². The lowest BCUT2D eigenvalue weighted by Crippen LogP contribution is -2.41. The summed E-state index contributed by atoms with van der Waals surface area (Å²) in [5.41, 5.74) is 2.37. The van der Waals surface area contributed by atoms with E-state index in [0.717, 1.165) is 23.9 Å². The number of anilines is 1. The minimum atomic E-state index is -0.408. The number of aromatic nitrogens is 1. The zero-order chi connectivity index (χ0) is 15.7. The van der Waals surface area contributed by atoms with Gasteiger partial charge in [0.05, 0.1) is 18.4 Å². The van der Waals surface area contributed by atoms with E-state index in [9.17, 15) is 8.78 Å². The Kier molecular flexibility index (Phi) is 3.88. The molecule has 0 spiro atoms. The highest BCUT2D eigenvalue weighted by Gasteiger charge is 2.26. The van der Waals surface area contributed by atoms with Crippen molar-refractivity contribution in [2.75, 3.05) is 4.90 Å². The van der Waals surface area contributed by atoms with Crippen LogP contribution in [0.1, 0.15) is 31.4 Å². The van der Waals surface area contributed by atoms with Crippen LogP contribution in [0, 0.1) is 11.6 Å². The second-order valence-electron chi connectivity index (χ2n) is 5.43. The van der Waals surface area contributed by atoms with Crippen molar-refractivity contribution in [1.29, 1.82) is 0 Å². The molecule has 2 aromatic rings. The summed E-state index contributed by atoms with van der Waals surface area (Å²) in [6.07, 6.45) is 3.60. The van der Waals surface area contributed by atoms with Gasteiger partial charge in [-0.1, -0.05) is 13.0 Å². The van der Waals surface area contributed by atoms with E-state index in [-0.39, 0.29) is 11.9 Å². The molecule has 0 saturated heterocycles. The standard InChI is InChI=1S/C17H17F2N3/c1-3-11(2)22-16-7-14(18)5-4-12(16)9-21-17(22)13-6-15(19)10-20-8-13/h4-8,10-11H,3,9H2,1-2H3. The van der Waals surface area contributed by atoms with Crippen molar-refractivity contribution < 1.29 is 8.78 Å². The highest BCUT2D eigenvalue weighted by Crippen LogP contribution is 2.31. The van der Waals surface area contributed by atoms with Crippen LogP contribution < -0.4 is 4.90 Å². The molecule has 22 heavy (non-hydrogen) atoms. The summed E-state index contributed by atoms with van der Waals surface area (Å²) in [5.74, 6) is -0.0561. The van der Waals surface area contributed by atoms with Crippen LogP contribution in [-0.4, -0.2) is 16.9 Å². The molecule has 0 aliphatic carbocycles. The van der Waals surface area contributed by atoms with Crippen LogP contribution >= 0.6 is 0 Å². The summed E-state index contributed by atoms with van der Waals surface area (Å²) in [6.45, 7) is 4.55. The molecule has 0 radical (unpaired) electrons. The molecule has 1 aliphatic heterocycles.